The summed E-state index contributed by atoms with van der Waals surface area (Å²) < 4.78 is 3.93. The SMILES string of the molecule is Cn1c(C(=O)Nc2cccc3c2ccn3-c2ccnc(NC(=O)C3CC3)c2)cc2ccccc21. The van der Waals surface area contributed by atoms with Crippen molar-refractivity contribution in [2.45, 2.75) is 12.8 Å². The first-order valence-electron chi connectivity index (χ1n) is 11.3. The fourth-order valence-electron chi connectivity index (χ4n) is 4.41. The van der Waals surface area contributed by atoms with Gasteiger partial charge in [0, 0.05) is 47.7 Å². The first-order chi connectivity index (χ1) is 16.6. The van der Waals surface area contributed by atoms with Crippen LogP contribution in [0, 0.1) is 5.92 Å². The summed E-state index contributed by atoms with van der Waals surface area (Å²) in [5.74, 6) is 0.524. The van der Waals surface area contributed by atoms with Crippen LogP contribution >= 0.6 is 0 Å². The van der Waals surface area contributed by atoms with Gasteiger partial charge in [0.1, 0.15) is 11.5 Å². The van der Waals surface area contributed by atoms with E-state index in [2.05, 4.69) is 15.6 Å². The van der Waals surface area contributed by atoms with Crippen molar-refractivity contribution in [1.82, 2.24) is 14.1 Å². The molecule has 0 radical (unpaired) electrons. The summed E-state index contributed by atoms with van der Waals surface area (Å²) in [4.78, 5) is 29.6. The molecule has 2 amide bonds. The lowest BCUT2D eigenvalue weighted by atomic mass is 10.2. The summed E-state index contributed by atoms with van der Waals surface area (Å²) in [7, 11) is 1.90. The Balaban J connectivity index is 1.31. The van der Waals surface area contributed by atoms with Crippen molar-refractivity contribution >= 4 is 45.1 Å². The molecule has 1 aliphatic rings. The maximum Gasteiger partial charge on any atom is 0.272 e. The quantitative estimate of drug-likeness (QED) is 0.391. The van der Waals surface area contributed by atoms with Crippen LogP contribution in [0.15, 0.2) is 79.1 Å². The average Bonchev–Trinajstić information content (AvgIpc) is 3.53. The number of hydrogen-bond acceptors (Lipinski definition) is 3. The second kappa shape index (κ2) is 7.88. The average molecular weight is 450 g/mol. The molecule has 1 saturated carbocycles. The van der Waals surface area contributed by atoms with Crippen LogP contribution in [-0.4, -0.2) is 25.9 Å². The van der Waals surface area contributed by atoms with Crippen molar-refractivity contribution in [2.24, 2.45) is 13.0 Å². The van der Waals surface area contributed by atoms with Gasteiger partial charge in [-0.25, -0.2) is 4.98 Å². The van der Waals surface area contributed by atoms with E-state index in [4.69, 9.17) is 0 Å². The molecule has 2 N–H and O–H groups in total. The second-order valence-electron chi connectivity index (χ2n) is 8.69. The Kier molecular flexibility index (Phi) is 4.69. The lowest BCUT2D eigenvalue weighted by Gasteiger charge is -2.10. The molecule has 0 spiro atoms. The Morgan fingerprint density at radius 3 is 2.59 bits per heavy atom. The Labute approximate surface area is 196 Å². The van der Waals surface area contributed by atoms with Gasteiger partial charge in [0.25, 0.3) is 5.91 Å². The standard InChI is InChI=1S/C27H23N5O2/c1-31-22-7-3-2-5-18(22)15-24(31)27(34)29-21-6-4-8-23-20(21)12-14-32(23)19-11-13-28-25(16-19)30-26(33)17-9-10-17/h2-8,11-17H,9-10H2,1H3,(H,29,34)(H,28,30,33). The molecular formula is C27H23N5O2. The number of carbonyl (C=O) groups is 2. The highest BCUT2D eigenvalue weighted by molar-refractivity contribution is 6.10. The van der Waals surface area contributed by atoms with Gasteiger partial charge in [-0.1, -0.05) is 24.3 Å². The third-order valence-electron chi connectivity index (χ3n) is 6.39. The molecule has 1 aliphatic carbocycles. The van der Waals surface area contributed by atoms with Crippen molar-refractivity contribution < 1.29 is 9.59 Å². The number of nitrogens with zero attached hydrogens (tertiary/aromatic N) is 3. The minimum Gasteiger partial charge on any atom is -0.340 e. The zero-order chi connectivity index (χ0) is 23.2. The third-order valence-corrected chi connectivity index (χ3v) is 6.39. The molecule has 7 heteroatoms. The van der Waals surface area contributed by atoms with Gasteiger partial charge < -0.3 is 19.8 Å². The fraction of sp³-hybridized carbons (Fsp3) is 0.148. The molecule has 6 rings (SSSR count). The highest BCUT2D eigenvalue weighted by atomic mass is 16.2. The third kappa shape index (κ3) is 3.51. The van der Waals surface area contributed by atoms with E-state index in [0.717, 1.165) is 46.0 Å². The van der Waals surface area contributed by atoms with Crippen molar-refractivity contribution in [1.29, 1.82) is 0 Å². The van der Waals surface area contributed by atoms with Gasteiger partial charge in [-0.15, -0.1) is 0 Å². The summed E-state index contributed by atoms with van der Waals surface area (Å²) >= 11 is 0. The predicted octanol–water partition coefficient (Wildman–Crippen LogP) is 5.12. The van der Waals surface area contributed by atoms with Crippen LogP contribution in [-0.2, 0) is 11.8 Å². The number of benzene rings is 2. The highest BCUT2D eigenvalue weighted by Gasteiger charge is 2.29. The molecule has 0 unspecified atom stereocenters. The maximum atomic E-state index is 13.1. The summed E-state index contributed by atoms with van der Waals surface area (Å²) in [6.07, 6.45) is 5.54. The van der Waals surface area contributed by atoms with Crippen molar-refractivity contribution in [2.75, 3.05) is 10.6 Å². The van der Waals surface area contributed by atoms with Gasteiger partial charge in [0.05, 0.1) is 16.9 Å². The van der Waals surface area contributed by atoms with Crippen LogP contribution in [0.25, 0.3) is 27.5 Å². The van der Waals surface area contributed by atoms with E-state index in [1.807, 2.05) is 89.1 Å². The number of aromatic nitrogens is 3. The molecular weight excluding hydrogens is 426 g/mol. The number of pyridine rings is 1. The molecule has 2 aromatic carbocycles. The highest BCUT2D eigenvalue weighted by Crippen LogP contribution is 2.31. The van der Waals surface area contributed by atoms with E-state index in [9.17, 15) is 9.59 Å². The Bertz CT molecular complexity index is 1570. The fourth-order valence-corrected chi connectivity index (χ4v) is 4.41. The van der Waals surface area contributed by atoms with Crippen molar-refractivity contribution in [3.63, 3.8) is 0 Å². The lowest BCUT2D eigenvalue weighted by Crippen LogP contribution is -2.15. The minimum atomic E-state index is -0.159. The first kappa shape index (κ1) is 20.2. The van der Waals surface area contributed by atoms with Crippen LogP contribution < -0.4 is 10.6 Å². The molecule has 34 heavy (non-hydrogen) atoms. The van der Waals surface area contributed by atoms with E-state index in [0.29, 0.717) is 11.5 Å². The van der Waals surface area contributed by atoms with E-state index in [-0.39, 0.29) is 17.7 Å². The largest absolute Gasteiger partial charge is 0.340 e. The van der Waals surface area contributed by atoms with Gasteiger partial charge in [-0.05, 0) is 49.2 Å². The molecule has 5 aromatic rings. The smallest absolute Gasteiger partial charge is 0.272 e. The topological polar surface area (TPSA) is 81.0 Å². The molecule has 7 nitrogen and oxygen atoms in total. The van der Waals surface area contributed by atoms with E-state index >= 15 is 0 Å². The van der Waals surface area contributed by atoms with E-state index in [1.54, 1.807) is 6.20 Å². The number of amides is 2. The van der Waals surface area contributed by atoms with Gasteiger partial charge >= 0.3 is 0 Å². The zero-order valence-electron chi connectivity index (χ0n) is 18.7. The summed E-state index contributed by atoms with van der Waals surface area (Å²) in [6.45, 7) is 0. The van der Waals surface area contributed by atoms with E-state index < -0.39 is 0 Å². The normalized spacial score (nSPS) is 13.3. The summed E-state index contributed by atoms with van der Waals surface area (Å²) in [5.41, 5.74) is 4.18. The van der Waals surface area contributed by atoms with Crippen LogP contribution in [0.2, 0.25) is 0 Å². The molecule has 0 bridgehead atoms. The summed E-state index contributed by atoms with van der Waals surface area (Å²) in [6, 6.07) is 21.4. The maximum absolute atomic E-state index is 13.1. The molecule has 0 atom stereocenters. The molecule has 0 saturated heterocycles. The number of rotatable bonds is 5. The summed E-state index contributed by atoms with van der Waals surface area (Å²) in [5, 5.41) is 7.94. The Hall–Kier alpha value is -4.39. The minimum absolute atomic E-state index is 0.0281. The van der Waals surface area contributed by atoms with Crippen molar-refractivity contribution in [3.05, 3.63) is 84.8 Å². The van der Waals surface area contributed by atoms with Gasteiger partial charge in [-0.3, -0.25) is 9.59 Å². The molecule has 1 fully saturated rings. The number of nitrogens with one attached hydrogen (secondary N) is 2. The van der Waals surface area contributed by atoms with Gasteiger partial charge in [-0.2, -0.15) is 0 Å². The molecule has 0 aliphatic heterocycles. The molecule has 168 valence electrons. The van der Waals surface area contributed by atoms with E-state index in [1.165, 1.54) is 0 Å². The number of carbonyl (C=O) groups excluding carboxylic acids is 2. The molecule has 3 aromatic heterocycles. The first-order valence-corrected chi connectivity index (χ1v) is 11.3. The number of fused-ring (bicyclic) bond motifs is 2. The molecule has 3 heterocycles. The number of aryl methyl sites for hydroxylation is 1. The number of anilines is 2. The van der Waals surface area contributed by atoms with Crippen LogP contribution in [0.5, 0.6) is 0 Å². The number of hydrogen-bond donors (Lipinski definition) is 2. The zero-order valence-corrected chi connectivity index (χ0v) is 18.7. The Morgan fingerprint density at radius 2 is 1.76 bits per heavy atom. The Morgan fingerprint density at radius 1 is 0.941 bits per heavy atom. The van der Waals surface area contributed by atoms with Crippen LogP contribution in [0.4, 0.5) is 11.5 Å². The van der Waals surface area contributed by atoms with Crippen LogP contribution in [0.1, 0.15) is 23.3 Å². The lowest BCUT2D eigenvalue weighted by molar-refractivity contribution is -0.117. The van der Waals surface area contributed by atoms with Crippen molar-refractivity contribution in [3.8, 4) is 5.69 Å². The monoisotopic (exact) mass is 449 g/mol. The number of para-hydroxylation sites is 1. The van der Waals surface area contributed by atoms with Gasteiger partial charge in [0.15, 0.2) is 0 Å². The second-order valence-corrected chi connectivity index (χ2v) is 8.69. The predicted molar refractivity (Wildman–Crippen MR) is 133 cm³/mol. The van der Waals surface area contributed by atoms with Gasteiger partial charge in [0.2, 0.25) is 5.91 Å². The van der Waals surface area contributed by atoms with Crippen LogP contribution in [0.3, 0.4) is 0 Å².